The van der Waals surface area contributed by atoms with E-state index in [2.05, 4.69) is 137 Å². The Morgan fingerprint density at radius 2 is 1.06 bits per heavy atom. The average molecular weight is 616 g/mol. The van der Waals surface area contributed by atoms with Crippen LogP contribution in [0.1, 0.15) is 0 Å². The summed E-state index contributed by atoms with van der Waals surface area (Å²) in [6.45, 7) is 0. The Bertz CT molecular complexity index is 3070. The minimum Gasteiger partial charge on any atom is -0.456 e. The van der Waals surface area contributed by atoms with Crippen LogP contribution in [0.4, 0.5) is 0 Å². The number of nitrogens with zero attached hydrogens (tertiary/aromatic N) is 3. The molecule has 48 heavy (non-hydrogen) atoms. The van der Waals surface area contributed by atoms with Gasteiger partial charge in [0, 0.05) is 43.9 Å². The van der Waals surface area contributed by atoms with Crippen molar-refractivity contribution in [1.29, 1.82) is 0 Å². The summed E-state index contributed by atoms with van der Waals surface area (Å²) in [6.07, 6.45) is 0. The van der Waals surface area contributed by atoms with Crippen molar-refractivity contribution in [1.82, 2.24) is 14.1 Å². The zero-order valence-electron chi connectivity index (χ0n) is 25.6. The van der Waals surface area contributed by atoms with Gasteiger partial charge >= 0.3 is 0 Å². The fraction of sp³-hybridized carbons (Fsp3) is 0. The van der Waals surface area contributed by atoms with E-state index in [1.165, 1.54) is 0 Å². The Hall–Kier alpha value is -6.59. The Morgan fingerprint density at radius 3 is 1.88 bits per heavy atom. The molecule has 5 heteroatoms. The zero-order chi connectivity index (χ0) is 31.3. The van der Waals surface area contributed by atoms with Gasteiger partial charge in [-0.05, 0) is 72.8 Å². The summed E-state index contributed by atoms with van der Waals surface area (Å²) in [5, 5.41) is 6.67. The third-order valence-electron chi connectivity index (χ3n) is 9.73. The van der Waals surface area contributed by atoms with E-state index in [0.717, 1.165) is 99.5 Å². The summed E-state index contributed by atoms with van der Waals surface area (Å²) in [7, 11) is 0. The molecule has 0 saturated carbocycles. The smallest absolute Gasteiger partial charge is 0.145 e. The van der Waals surface area contributed by atoms with Crippen LogP contribution in [0, 0.1) is 0 Å². The second-order valence-electron chi connectivity index (χ2n) is 12.4. The number of imidazole rings is 1. The minimum atomic E-state index is 0.850. The van der Waals surface area contributed by atoms with E-state index in [9.17, 15) is 0 Å². The van der Waals surface area contributed by atoms with E-state index in [1.807, 2.05) is 24.3 Å². The van der Waals surface area contributed by atoms with Gasteiger partial charge in [0.15, 0.2) is 0 Å². The van der Waals surface area contributed by atoms with E-state index in [-0.39, 0.29) is 0 Å². The number of hydrogen-bond acceptors (Lipinski definition) is 3. The number of hydrogen-bond donors (Lipinski definition) is 0. The maximum atomic E-state index is 6.52. The molecule has 11 aromatic rings. The van der Waals surface area contributed by atoms with Crippen LogP contribution in [0.25, 0.3) is 99.5 Å². The number of rotatable bonds is 3. The van der Waals surface area contributed by atoms with Crippen molar-refractivity contribution in [3.05, 3.63) is 152 Å². The molecule has 0 aliphatic rings. The molecule has 224 valence electrons. The van der Waals surface area contributed by atoms with E-state index >= 15 is 0 Å². The van der Waals surface area contributed by atoms with Gasteiger partial charge in [0.05, 0.1) is 27.5 Å². The van der Waals surface area contributed by atoms with Crippen molar-refractivity contribution in [2.45, 2.75) is 0 Å². The van der Waals surface area contributed by atoms with Crippen molar-refractivity contribution >= 4 is 76.7 Å². The molecular weight excluding hydrogens is 590 g/mol. The molecule has 0 spiro atoms. The number of benzene rings is 7. The molecule has 0 atom stereocenters. The third kappa shape index (κ3) is 3.47. The summed E-state index contributed by atoms with van der Waals surface area (Å²) in [6, 6.07) is 52.9. The van der Waals surface area contributed by atoms with Crippen molar-refractivity contribution in [3.63, 3.8) is 0 Å². The lowest BCUT2D eigenvalue weighted by Gasteiger charge is -2.10. The SMILES string of the molecule is c1ccc(-c2nc3ccccc3n2-c2ccc3oc4ccc(-n5c6ccccc6c6c7oc8ccccc8c7ccc65)cc4c3c2)cc1. The molecule has 0 aliphatic carbocycles. The van der Waals surface area contributed by atoms with Gasteiger partial charge in [-0.2, -0.15) is 0 Å². The summed E-state index contributed by atoms with van der Waals surface area (Å²) < 4.78 is 17.5. The summed E-state index contributed by atoms with van der Waals surface area (Å²) >= 11 is 0. The molecular formula is C43H25N3O2. The van der Waals surface area contributed by atoms with Crippen molar-refractivity contribution in [2.75, 3.05) is 0 Å². The normalized spacial score (nSPS) is 12.2. The topological polar surface area (TPSA) is 49.0 Å². The van der Waals surface area contributed by atoms with Crippen LogP contribution in [0.15, 0.2) is 160 Å². The zero-order valence-corrected chi connectivity index (χ0v) is 25.6. The Morgan fingerprint density at radius 1 is 0.417 bits per heavy atom. The molecule has 0 amide bonds. The van der Waals surface area contributed by atoms with E-state index in [0.29, 0.717) is 0 Å². The fourth-order valence-electron chi connectivity index (χ4n) is 7.61. The molecule has 4 aromatic heterocycles. The second-order valence-corrected chi connectivity index (χ2v) is 12.4. The lowest BCUT2D eigenvalue weighted by atomic mass is 10.1. The van der Waals surface area contributed by atoms with Gasteiger partial charge in [-0.3, -0.25) is 4.57 Å². The van der Waals surface area contributed by atoms with Gasteiger partial charge in [-0.1, -0.05) is 78.9 Å². The predicted octanol–water partition coefficient (Wildman–Crippen LogP) is 11.6. The highest BCUT2D eigenvalue weighted by molar-refractivity contribution is 6.24. The summed E-state index contributed by atoms with van der Waals surface area (Å²) in [5.41, 5.74) is 10.9. The maximum absolute atomic E-state index is 6.52. The highest BCUT2D eigenvalue weighted by Gasteiger charge is 2.20. The van der Waals surface area contributed by atoms with E-state index in [1.54, 1.807) is 0 Å². The van der Waals surface area contributed by atoms with Crippen LogP contribution in [0.5, 0.6) is 0 Å². The first kappa shape index (κ1) is 25.6. The van der Waals surface area contributed by atoms with Crippen LogP contribution >= 0.6 is 0 Å². The molecule has 11 rings (SSSR count). The molecule has 0 fully saturated rings. The van der Waals surface area contributed by atoms with E-state index in [4.69, 9.17) is 13.8 Å². The third-order valence-corrected chi connectivity index (χ3v) is 9.73. The number of furan rings is 2. The molecule has 0 unspecified atom stereocenters. The molecule has 0 aliphatic heterocycles. The molecule has 0 radical (unpaired) electrons. The van der Waals surface area contributed by atoms with Crippen LogP contribution in [-0.4, -0.2) is 14.1 Å². The quantitative estimate of drug-likeness (QED) is 0.199. The molecule has 0 N–H and O–H groups in total. The monoisotopic (exact) mass is 615 g/mol. The first-order valence-corrected chi connectivity index (χ1v) is 16.1. The highest BCUT2D eigenvalue weighted by atomic mass is 16.3. The molecule has 0 bridgehead atoms. The first-order chi connectivity index (χ1) is 23.8. The minimum absolute atomic E-state index is 0.850. The molecule has 5 nitrogen and oxygen atoms in total. The fourth-order valence-corrected chi connectivity index (χ4v) is 7.61. The Balaban J connectivity index is 1.16. The van der Waals surface area contributed by atoms with Crippen LogP contribution in [0.2, 0.25) is 0 Å². The lowest BCUT2D eigenvalue weighted by Crippen LogP contribution is -1.97. The molecule has 7 aromatic carbocycles. The van der Waals surface area contributed by atoms with Crippen LogP contribution in [0.3, 0.4) is 0 Å². The van der Waals surface area contributed by atoms with E-state index < -0.39 is 0 Å². The van der Waals surface area contributed by atoms with Crippen LogP contribution in [-0.2, 0) is 0 Å². The van der Waals surface area contributed by atoms with Crippen molar-refractivity contribution in [3.8, 4) is 22.8 Å². The number of fused-ring (bicyclic) bond motifs is 11. The highest BCUT2D eigenvalue weighted by Crippen LogP contribution is 2.41. The van der Waals surface area contributed by atoms with Gasteiger partial charge in [-0.25, -0.2) is 4.98 Å². The molecule has 0 saturated heterocycles. The van der Waals surface area contributed by atoms with Crippen molar-refractivity contribution in [2.24, 2.45) is 0 Å². The standard InChI is InChI=1S/C43H25N3O2/c1-2-10-26(11-3-1)43-44-34-14-6-8-16-36(34)46(43)28-19-23-40-33(25-28)32-24-27(18-22-39(32)47-40)45-35-15-7-4-13-31(35)41-37(45)21-20-30-29-12-5-9-17-38(29)48-42(30)41/h1-25H. The predicted molar refractivity (Wildman–Crippen MR) is 195 cm³/mol. The van der Waals surface area contributed by atoms with Gasteiger partial charge < -0.3 is 13.4 Å². The average Bonchev–Trinajstić information content (AvgIpc) is 3.90. The number of aromatic nitrogens is 3. The number of para-hydroxylation sites is 4. The van der Waals surface area contributed by atoms with Gasteiger partial charge in [-0.15, -0.1) is 0 Å². The summed E-state index contributed by atoms with van der Waals surface area (Å²) in [4.78, 5) is 5.06. The van der Waals surface area contributed by atoms with Crippen molar-refractivity contribution < 1.29 is 8.83 Å². The van der Waals surface area contributed by atoms with Crippen LogP contribution < -0.4 is 0 Å². The van der Waals surface area contributed by atoms with Gasteiger partial charge in [0.25, 0.3) is 0 Å². The lowest BCUT2D eigenvalue weighted by molar-refractivity contribution is 0.668. The Kier molecular flexibility index (Phi) is 5.05. The largest absolute Gasteiger partial charge is 0.456 e. The maximum Gasteiger partial charge on any atom is 0.145 e. The Labute approximate surface area is 273 Å². The molecule has 4 heterocycles. The summed E-state index contributed by atoms with van der Waals surface area (Å²) in [5.74, 6) is 0.909. The first-order valence-electron chi connectivity index (χ1n) is 16.1. The second kappa shape index (κ2) is 9.47. The van der Waals surface area contributed by atoms with Gasteiger partial charge in [0.1, 0.15) is 28.2 Å². The van der Waals surface area contributed by atoms with Gasteiger partial charge in [0.2, 0.25) is 0 Å².